The largest absolute Gasteiger partial charge is 0.305 e. The van der Waals surface area contributed by atoms with Gasteiger partial charge in [0.05, 0.1) is 24.9 Å². The highest BCUT2D eigenvalue weighted by atomic mass is 32.2. The number of halogens is 1. The third-order valence-electron chi connectivity index (χ3n) is 3.57. The van der Waals surface area contributed by atoms with E-state index in [1.165, 1.54) is 53.7 Å². The number of carbonyl (C=O) groups excluding carboxylic acids is 1. The summed E-state index contributed by atoms with van der Waals surface area (Å²) in [7, 11) is 0. The van der Waals surface area contributed by atoms with Gasteiger partial charge in [-0.05, 0) is 36.0 Å². The van der Waals surface area contributed by atoms with E-state index in [4.69, 9.17) is 0 Å². The molecule has 0 atom stereocenters. The number of amidine groups is 1. The SMILES string of the molecule is O=C(Cc1nc(Sc2ncn[nH]2)cnc1Sc1ccc(F)cc1)NC1=NCCS1. The predicted octanol–water partition coefficient (Wildman–Crippen LogP) is 2.80. The summed E-state index contributed by atoms with van der Waals surface area (Å²) in [6.07, 6.45) is 3.06. The Morgan fingerprint density at radius 3 is 2.83 bits per heavy atom. The van der Waals surface area contributed by atoms with Crippen molar-refractivity contribution in [1.82, 2.24) is 30.5 Å². The molecule has 0 aliphatic carbocycles. The molecule has 0 radical (unpaired) electrons. The number of hydrogen-bond acceptors (Lipinski definition) is 9. The second kappa shape index (κ2) is 9.37. The van der Waals surface area contributed by atoms with E-state index in [0.717, 1.165) is 10.6 Å². The topological polar surface area (TPSA) is 109 Å². The molecule has 148 valence electrons. The van der Waals surface area contributed by atoms with Crippen molar-refractivity contribution in [3.05, 3.63) is 48.3 Å². The molecule has 3 aromatic rings. The average molecular weight is 448 g/mol. The molecule has 1 aromatic carbocycles. The lowest BCUT2D eigenvalue weighted by Crippen LogP contribution is -2.29. The first-order valence-corrected chi connectivity index (χ1v) is 11.1. The maximum atomic E-state index is 13.2. The Labute approximate surface area is 178 Å². The first kappa shape index (κ1) is 19.9. The number of rotatable bonds is 6. The smallest absolute Gasteiger partial charge is 0.232 e. The molecule has 0 spiro atoms. The average Bonchev–Trinajstić information content (AvgIpc) is 3.40. The number of H-pyrrole nitrogens is 1. The van der Waals surface area contributed by atoms with Gasteiger partial charge in [-0.3, -0.25) is 14.9 Å². The van der Waals surface area contributed by atoms with Crippen molar-refractivity contribution in [3.8, 4) is 0 Å². The van der Waals surface area contributed by atoms with Gasteiger partial charge in [-0.25, -0.2) is 19.3 Å². The van der Waals surface area contributed by atoms with Gasteiger partial charge in [0, 0.05) is 10.6 Å². The van der Waals surface area contributed by atoms with Crippen molar-refractivity contribution in [1.29, 1.82) is 0 Å². The van der Waals surface area contributed by atoms with Crippen molar-refractivity contribution < 1.29 is 9.18 Å². The van der Waals surface area contributed by atoms with Crippen LogP contribution < -0.4 is 5.32 Å². The number of aromatic amines is 1. The predicted molar refractivity (Wildman–Crippen MR) is 110 cm³/mol. The van der Waals surface area contributed by atoms with Gasteiger partial charge in [-0.1, -0.05) is 23.5 Å². The molecule has 0 unspecified atom stereocenters. The summed E-state index contributed by atoms with van der Waals surface area (Å²) in [5.41, 5.74) is 0.518. The van der Waals surface area contributed by atoms with Crippen LogP contribution in [-0.2, 0) is 11.2 Å². The zero-order valence-corrected chi connectivity index (χ0v) is 17.3. The molecule has 0 saturated heterocycles. The molecular weight excluding hydrogens is 433 g/mol. The molecule has 0 fully saturated rings. The Morgan fingerprint density at radius 2 is 2.10 bits per heavy atom. The van der Waals surface area contributed by atoms with E-state index in [1.807, 2.05) is 0 Å². The van der Waals surface area contributed by atoms with Crippen molar-refractivity contribution in [2.24, 2.45) is 4.99 Å². The lowest BCUT2D eigenvalue weighted by Gasteiger charge is -2.10. The van der Waals surface area contributed by atoms with Gasteiger partial charge in [-0.2, -0.15) is 5.10 Å². The van der Waals surface area contributed by atoms with Gasteiger partial charge in [0.2, 0.25) is 5.91 Å². The number of nitrogens with one attached hydrogen (secondary N) is 2. The number of thioether (sulfide) groups is 1. The fourth-order valence-electron chi connectivity index (χ4n) is 2.33. The molecule has 1 amide bonds. The van der Waals surface area contributed by atoms with Crippen molar-refractivity contribution >= 4 is 46.4 Å². The monoisotopic (exact) mass is 447 g/mol. The number of nitrogens with zero attached hydrogens (tertiary/aromatic N) is 5. The first-order chi connectivity index (χ1) is 14.2. The van der Waals surface area contributed by atoms with Crippen LogP contribution in [0.2, 0.25) is 0 Å². The van der Waals surface area contributed by atoms with Crippen molar-refractivity contribution in [2.75, 3.05) is 12.3 Å². The van der Waals surface area contributed by atoms with Gasteiger partial charge < -0.3 is 5.32 Å². The van der Waals surface area contributed by atoms with Gasteiger partial charge in [0.1, 0.15) is 22.2 Å². The quantitative estimate of drug-likeness (QED) is 0.594. The molecule has 2 aromatic heterocycles. The van der Waals surface area contributed by atoms with Crippen LogP contribution in [0.5, 0.6) is 0 Å². The normalized spacial score (nSPS) is 13.3. The lowest BCUT2D eigenvalue weighted by atomic mass is 10.3. The van der Waals surface area contributed by atoms with Crippen molar-refractivity contribution in [3.63, 3.8) is 0 Å². The Balaban J connectivity index is 1.56. The molecular formula is C17H14FN7OS3. The van der Waals surface area contributed by atoms with E-state index in [2.05, 4.69) is 35.5 Å². The molecule has 0 saturated carbocycles. The zero-order valence-electron chi connectivity index (χ0n) is 14.8. The summed E-state index contributed by atoms with van der Waals surface area (Å²) in [6.45, 7) is 0.703. The molecule has 12 heteroatoms. The number of aliphatic imine (C=N–C) groups is 1. The van der Waals surface area contributed by atoms with Crippen LogP contribution in [0.15, 0.2) is 61.9 Å². The number of carbonyl (C=O) groups is 1. The van der Waals surface area contributed by atoms with Crippen LogP contribution in [0.3, 0.4) is 0 Å². The molecule has 3 heterocycles. The molecule has 1 aliphatic heterocycles. The van der Waals surface area contributed by atoms with Crippen molar-refractivity contribution in [2.45, 2.75) is 26.5 Å². The van der Waals surface area contributed by atoms with E-state index in [9.17, 15) is 9.18 Å². The Hall–Kier alpha value is -2.44. The highest BCUT2D eigenvalue weighted by Crippen LogP contribution is 2.31. The second-order valence-electron chi connectivity index (χ2n) is 5.67. The number of amides is 1. The summed E-state index contributed by atoms with van der Waals surface area (Å²) < 4.78 is 13.2. The fourth-order valence-corrected chi connectivity index (χ4v) is 4.57. The summed E-state index contributed by atoms with van der Waals surface area (Å²) in [6, 6.07) is 6.08. The minimum atomic E-state index is -0.311. The van der Waals surface area contributed by atoms with Gasteiger partial charge >= 0.3 is 0 Å². The highest BCUT2D eigenvalue weighted by Gasteiger charge is 2.17. The third-order valence-corrected chi connectivity index (χ3v) is 6.30. The molecule has 2 N–H and O–H groups in total. The summed E-state index contributed by atoms with van der Waals surface area (Å²) in [5, 5.41) is 11.7. The molecule has 8 nitrogen and oxygen atoms in total. The number of benzene rings is 1. The van der Waals surface area contributed by atoms with E-state index >= 15 is 0 Å². The van der Waals surface area contributed by atoms with Crippen LogP contribution in [0, 0.1) is 5.82 Å². The summed E-state index contributed by atoms with van der Waals surface area (Å²) >= 11 is 4.10. The Morgan fingerprint density at radius 1 is 1.24 bits per heavy atom. The van der Waals surface area contributed by atoms with Gasteiger partial charge in [-0.15, -0.1) is 0 Å². The summed E-state index contributed by atoms with van der Waals surface area (Å²) in [4.78, 5) is 30.6. The molecule has 4 rings (SSSR count). The number of aromatic nitrogens is 5. The molecule has 29 heavy (non-hydrogen) atoms. The molecule has 0 bridgehead atoms. The third kappa shape index (κ3) is 5.55. The Kier molecular flexibility index (Phi) is 6.42. The minimum Gasteiger partial charge on any atom is -0.305 e. The van der Waals surface area contributed by atoms with Crippen LogP contribution in [-0.4, -0.2) is 48.5 Å². The van der Waals surface area contributed by atoms with Gasteiger partial charge in [0.15, 0.2) is 10.3 Å². The maximum Gasteiger partial charge on any atom is 0.232 e. The number of hydrogen-bond donors (Lipinski definition) is 2. The van der Waals surface area contributed by atoms with Crippen LogP contribution in [0.25, 0.3) is 0 Å². The van der Waals surface area contributed by atoms with Gasteiger partial charge in [0.25, 0.3) is 0 Å². The highest BCUT2D eigenvalue weighted by molar-refractivity contribution is 8.14. The standard InChI is InChI=1S/C17H14FN7OS3/c18-10-1-3-11(4-2-10)28-15-12(7-13(26)24-16-19-5-6-27-16)23-14(8-20-15)29-17-21-9-22-25-17/h1-4,8-9H,5-7H2,(H,19,24,26)(H,21,22,25). The lowest BCUT2D eigenvalue weighted by molar-refractivity contribution is -0.119. The molecule has 1 aliphatic rings. The zero-order chi connectivity index (χ0) is 20.1. The fraction of sp³-hybridized carbons (Fsp3) is 0.176. The van der Waals surface area contributed by atoms with Crippen LogP contribution >= 0.6 is 35.3 Å². The van der Waals surface area contributed by atoms with Crippen LogP contribution in [0.4, 0.5) is 4.39 Å². The van der Waals surface area contributed by atoms with E-state index in [1.54, 1.807) is 18.3 Å². The summed E-state index contributed by atoms with van der Waals surface area (Å²) in [5.74, 6) is 0.341. The Bertz CT molecular complexity index is 1030. The first-order valence-electron chi connectivity index (χ1n) is 8.45. The van der Waals surface area contributed by atoms with E-state index in [-0.39, 0.29) is 18.1 Å². The van der Waals surface area contributed by atoms with Crippen LogP contribution in [0.1, 0.15) is 5.69 Å². The minimum absolute atomic E-state index is 0.0426. The maximum absolute atomic E-state index is 13.2. The second-order valence-corrected chi connectivity index (χ2v) is 8.82. The van der Waals surface area contributed by atoms with E-state index in [0.29, 0.717) is 32.6 Å². The van der Waals surface area contributed by atoms with E-state index < -0.39 is 0 Å².